The number of hydrogen-bond donors (Lipinski definition) is 2. The van der Waals surface area contributed by atoms with Gasteiger partial charge in [0.1, 0.15) is 0 Å². The Labute approximate surface area is 153 Å². The molecule has 0 unspecified atom stereocenters. The largest absolute Gasteiger partial charge is 0.399 e. The van der Waals surface area contributed by atoms with E-state index in [1.807, 2.05) is 18.2 Å². The second-order valence-electron chi connectivity index (χ2n) is 7.05. The standard InChI is InChI=1S/C22H23N3O/c1-25-9-7-16(8-10-25)20-14-24-21-6-5-15(11-19(20)21)12-22(26)17-3-2-4-18(23)13-17/h2-7,11,13-14,24H,8-10,12,23H2,1H3. The van der Waals surface area contributed by atoms with Crippen molar-refractivity contribution in [3.05, 3.63) is 71.4 Å². The SMILES string of the molecule is CN1CC=C(c2c[nH]c3ccc(CC(=O)c4cccc(N)c4)cc23)CC1. The molecule has 2 aromatic carbocycles. The van der Waals surface area contributed by atoms with Gasteiger partial charge in [0.05, 0.1) is 0 Å². The van der Waals surface area contributed by atoms with Gasteiger partial charge in [-0.25, -0.2) is 0 Å². The number of benzene rings is 2. The van der Waals surface area contributed by atoms with E-state index in [0.717, 1.165) is 30.6 Å². The molecule has 4 rings (SSSR count). The monoisotopic (exact) mass is 345 g/mol. The van der Waals surface area contributed by atoms with Crippen molar-refractivity contribution in [2.45, 2.75) is 12.8 Å². The number of H-pyrrole nitrogens is 1. The smallest absolute Gasteiger partial charge is 0.167 e. The molecule has 1 aliphatic rings. The fraction of sp³-hybridized carbons (Fsp3) is 0.227. The Kier molecular flexibility index (Phi) is 4.35. The van der Waals surface area contributed by atoms with E-state index >= 15 is 0 Å². The number of carbonyl (C=O) groups excluding carboxylic acids is 1. The van der Waals surface area contributed by atoms with Gasteiger partial charge in [-0.2, -0.15) is 0 Å². The third kappa shape index (κ3) is 3.28. The molecule has 3 N–H and O–H groups in total. The summed E-state index contributed by atoms with van der Waals surface area (Å²) in [5.74, 6) is 0.0900. The van der Waals surface area contributed by atoms with Gasteiger partial charge >= 0.3 is 0 Å². The fourth-order valence-corrected chi connectivity index (χ4v) is 3.56. The van der Waals surface area contributed by atoms with Crippen molar-refractivity contribution in [2.24, 2.45) is 0 Å². The lowest BCUT2D eigenvalue weighted by molar-refractivity contribution is 0.0993. The summed E-state index contributed by atoms with van der Waals surface area (Å²) >= 11 is 0. The number of nitrogens with one attached hydrogen (secondary N) is 1. The van der Waals surface area contributed by atoms with Crippen LogP contribution in [0, 0.1) is 0 Å². The Morgan fingerprint density at radius 1 is 1.23 bits per heavy atom. The van der Waals surface area contributed by atoms with Crippen LogP contribution >= 0.6 is 0 Å². The van der Waals surface area contributed by atoms with Crippen LogP contribution in [0.15, 0.2) is 54.7 Å². The highest BCUT2D eigenvalue weighted by molar-refractivity contribution is 5.99. The maximum Gasteiger partial charge on any atom is 0.167 e. The Hall–Kier alpha value is -2.85. The predicted octanol–water partition coefficient (Wildman–Crippen LogP) is 3.89. The molecule has 0 saturated heterocycles. The topological polar surface area (TPSA) is 62.1 Å². The third-order valence-corrected chi connectivity index (χ3v) is 5.08. The molecule has 0 aliphatic carbocycles. The van der Waals surface area contributed by atoms with Crippen molar-refractivity contribution in [3.8, 4) is 0 Å². The number of nitrogens with zero attached hydrogens (tertiary/aromatic N) is 1. The van der Waals surface area contributed by atoms with Crippen LogP contribution in [-0.4, -0.2) is 35.8 Å². The zero-order chi connectivity index (χ0) is 18.1. The molecule has 1 aliphatic heterocycles. The van der Waals surface area contributed by atoms with Gasteiger partial charge in [-0.05, 0) is 48.9 Å². The normalized spacial score (nSPS) is 15.2. The molecule has 0 saturated carbocycles. The van der Waals surface area contributed by atoms with Gasteiger partial charge in [0, 0.05) is 53.4 Å². The molecule has 1 aromatic heterocycles. The van der Waals surface area contributed by atoms with Gasteiger partial charge in [-0.3, -0.25) is 4.79 Å². The van der Waals surface area contributed by atoms with E-state index in [4.69, 9.17) is 5.73 Å². The Morgan fingerprint density at radius 3 is 2.88 bits per heavy atom. The Morgan fingerprint density at radius 2 is 2.12 bits per heavy atom. The van der Waals surface area contributed by atoms with Crippen LogP contribution in [0.4, 0.5) is 5.69 Å². The summed E-state index contributed by atoms with van der Waals surface area (Å²) in [7, 11) is 2.14. The molecule has 0 fully saturated rings. The van der Waals surface area contributed by atoms with Gasteiger partial charge < -0.3 is 15.6 Å². The highest BCUT2D eigenvalue weighted by Crippen LogP contribution is 2.30. The molecule has 0 radical (unpaired) electrons. The van der Waals surface area contributed by atoms with E-state index in [1.54, 1.807) is 12.1 Å². The molecular formula is C22H23N3O. The van der Waals surface area contributed by atoms with Gasteiger partial charge in [-0.1, -0.05) is 24.3 Å². The summed E-state index contributed by atoms with van der Waals surface area (Å²) in [5, 5.41) is 1.19. The predicted molar refractivity (Wildman–Crippen MR) is 107 cm³/mol. The number of Topliss-reactive ketones (excluding diaryl/α,β-unsaturated/α-hetero) is 1. The molecule has 4 nitrogen and oxygen atoms in total. The minimum absolute atomic E-state index is 0.0900. The molecule has 0 amide bonds. The first-order chi connectivity index (χ1) is 12.6. The molecule has 132 valence electrons. The van der Waals surface area contributed by atoms with E-state index in [9.17, 15) is 4.79 Å². The molecule has 0 bridgehead atoms. The zero-order valence-corrected chi connectivity index (χ0v) is 15.0. The summed E-state index contributed by atoms with van der Waals surface area (Å²) in [5.41, 5.74) is 11.9. The molecule has 0 spiro atoms. The second kappa shape index (κ2) is 6.81. The van der Waals surface area contributed by atoms with Gasteiger partial charge in [0.15, 0.2) is 5.78 Å². The van der Waals surface area contributed by atoms with Gasteiger partial charge in [0.2, 0.25) is 0 Å². The number of aromatic nitrogens is 1. The number of rotatable bonds is 4. The summed E-state index contributed by atoms with van der Waals surface area (Å²) in [4.78, 5) is 18.3. The van der Waals surface area contributed by atoms with Crippen LogP contribution < -0.4 is 5.73 Å². The van der Waals surface area contributed by atoms with Crippen molar-refractivity contribution in [1.82, 2.24) is 9.88 Å². The van der Waals surface area contributed by atoms with E-state index in [-0.39, 0.29) is 5.78 Å². The first-order valence-electron chi connectivity index (χ1n) is 8.97. The summed E-state index contributed by atoms with van der Waals surface area (Å²) in [6.07, 6.45) is 5.82. The van der Waals surface area contributed by atoms with Crippen LogP contribution in [0.1, 0.15) is 27.9 Å². The van der Waals surface area contributed by atoms with Crippen molar-refractivity contribution >= 4 is 27.9 Å². The average molecular weight is 345 g/mol. The molecular weight excluding hydrogens is 322 g/mol. The molecule has 2 heterocycles. The summed E-state index contributed by atoms with van der Waals surface area (Å²) in [6.45, 7) is 2.06. The third-order valence-electron chi connectivity index (χ3n) is 5.08. The highest BCUT2D eigenvalue weighted by Gasteiger charge is 2.14. The lowest BCUT2D eigenvalue weighted by atomic mass is 9.96. The number of hydrogen-bond acceptors (Lipinski definition) is 3. The van der Waals surface area contributed by atoms with E-state index in [1.165, 1.54) is 16.5 Å². The Bertz CT molecular complexity index is 1000. The first kappa shape index (κ1) is 16.6. The minimum atomic E-state index is 0.0900. The van der Waals surface area contributed by atoms with Crippen LogP contribution in [0.5, 0.6) is 0 Å². The molecule has 0 atom stereocenters. The van der Waals surface area contributed by atoms with Crippen molar-refractivity contribution in [2.75, 3.05) is 25.9 Å². The maximum absolute atomic E-state index is 12.6. The lowest BCUT2D eigenvalue weighted by Crippen LogP contribution is -2.23. The number of carbonyl (C=O) groups is 1. The quantitative estimate of drug-likeness (QED) is 0.557. The van der Waals surface area contributed by atoms with Crippen molar-refractivity contribution < 1.29 is 4.79 Å². The van der Waals surface area contributed by atoms with Crippen LogP contribution in [-0.2, 0) is 6.42 Å². The fourth-order valence-electron chi connectivity index (χ4n) is 3.56. The number of nitrogen functional groups attached to an aromatic ring is 1. The minimum Gasteiger partial charge on any atom is -0.399 e. The van der Waals surface area contributed by atoms with E-state index in [0.29, 0.717) is 17.7 Å². The van der Waals surface area contributed by atoms with Gasteiger partial charge in [-0.15, -0.1) is 0 Å². The van der Waals surface area contributed by atoms with E-state index in [2.05, 4.69) is 41.3 Å². The number of anilines is 1. The average Bonchev–Trinajstić information content (AvgIpc) is 3.05. The number of nitrogens with two attached hydrogens (primary N) is 1. The summed E-state index contributed by atoms with van der Waals surface area (Å²) in [6, 6.07) is 13.4. The van der Waals surface area contributed by atoms with Crippen molar-refractivity contribution in [1.29, 1.82) is 0 Å². The number of ketones is 1. The van der Waals surface area contributed by atoms with E-state index < -0.39 is 0 Å². The lowest BCUT2D eigenvalue weighted by Gasteiger charge is -2.21. The maximum atomic E-state index is 12.6. The highest BCUT2D eigenvalue weighted by atomic mass is 16.1. The van der Waals surface area contributed by atoms with Crippen LogP contribution in [0.25, 0.3) is 16.5 Å². The number of likely N-dealkylation sites (N-methyl/N-ethyl adjacent to an activating group) is 1. The van der Waals surface area contributed by atoms with Crippen molar-refractivity contribution in [3.63, 3.8) is 0 Å². The number of fused-ring (bicyclic) bond motifs is 1. The first-order valence-corrected chi connectivity index (χ1v) is 8.97. The second-order valence-corrected chi connectivity index (χ2v) is 7.05. The molecule has 4 heteroatoms. The zero-order valence-electron chi connectivity index (χ0n) is 15.0. The van der Waals surface area contributed by atoms with Crippen LogP contribution in [0.3, 0.4) is 0 Å². The summed E-state index contributed by atoms with van der Waals surface area (Å²) < 4.78 is 0. The van der Waals surface area contributed by atoms with Gasteiger partial charge in [0.25, 0.3) is 0 Å². The Balaban J connectivity index is 1.63. The molecule has 3 aromatic rings. The van der Waals surface area contributed by atoms with Crippen LogP contribution in [0.2, 0.25) is 0 Å². The number of aromatic amines is 1. The molecule has 26 heavy (non-hydrogen) atoms.